The van der Waals surface area contributed by atoms with E-state index < -0.39 is 18.1 Å². The maximum atomic E-state index is 13.3. The van der Waals surface area contributed by atoms with Crippen LogP contribution in [0.4, 0.5) is 4.79 Å². The van der Waals surface area contributed by atoms with Crippen LogP contribution in [0.5, 0.6) is 0 Å². The maximum absolute atomic E-state index is 13.3. The van der Waals surface area contributed by atoms with Gasteiger partial charge in [-0.25, -0.2) is 9.59 Å². The molecule has 3 unspecified atom stereocenters. The van der Waals surface area contributed by atoms with Crippen molar-refractivity contribution in [3.8, 4) is 11.1 Å². The molecular weight excluding hydrogens is 402 g/mol. The molecular formula is C27H31NO4. The van der Waals surface area contributed by atoms with Gasteiger partial charge in [0.05, 0.1) is 0 Å². The van der Waals surface area contributed by atoms with Crippen LogP contribution < -0.4 is 0 Å². The molecule has 32 heavy (non-hydrogen) atoms. The van der Waals surface area contributed by atoms with Gasteiger partial charge in [0, 0.05) is 12.0 Å². The Bertz CT molecular complexity index is 969. The summed E-state index contributed by atoms with van der Waals surface area (Å²) >= 11 is 0. The number of carboxylic acids is 1. The number of carbonyl (C=O) groups excluding carboxylic acids is 1. The zero-order chi connectivity index (χ0) is 22.2. The number of nitrogens with zero attached hydrogens (tertiary/aromatic N) is 1. The second-order valence-electron chi connectivity index (χ2n) is 9.76. The average molecular weight is 434 g/mol. The number of ether oxygens (including phenoxy) is 1. The number of amides is 1. The van der Waals surface area contributed by atoms with E-state index in [1.165, 1.54) is 11.1 Å². The van der Waals surface area contributed by atoms with Crippen molar-refractivity contribution in [3.05, 3.63) is 59.7 Å². The number of carbonyl (C=O) groups is 2. The molecule has 0 spiro atoms. The molecule has 2 fully saturated rings. The number of carboxylic acid groups (broad SMARTS) is 1. The first kappa shape index (κ1) is 21.0. The summed E-state index contributed by atoms with van der Waals surface area (Å²) in [4.78, 5) is 27.2. The van der Waals surface area contributed by atoms with Crippen molar-refractivity contribution in [2.45, 2.75) is 63.5 Å². The van der Waals surface area contributed by atoms with Crippen molar-refractivity contribution < 1.29 is 19.4 Å². The van der Waals surface area contributed by atoms with Gasteiger partial charge >= 0.3 is 12.1 Å². The predicted octanol–water partition coefficient (Wildman–Crippen LogP) is 5.68. The van der Waals surface area contributed by atoms with Gasteiger partial charge in [-0.1, -0.05) is 68.3 Å². The monoisotopic (exact) mass is 433 g/mol. The number of benzene rings is 2. The maximum Gasteiger partial charge on any atom is 0.410 e. The average Bonchev–Trinajstić information content (AvgIpc) is 3.58. The van der Waals surface area contributed by atoms with Crippen LogP contribution in [0.25, 0.3) is 11.1 Å². The molecule has 5 rings (SSSR count). The highest BCUT2D eigenvalue weighted by atomic mass is 16.6. The lowest BCUT2D eigenvalue weighted by atomic mass is 9.78. The molecule has 1 amide bonds. The second-order valence-corrected chi connectivity index (χ2v) is 9.76. The zero-order valence-corrected chi connectivity index (χ0v) is 18.6. The molecule has 3 atom stereocenters. The minimum Gasteiger partial charge on any atom is -0.480 e. The SMILES string of the molecule is CC1CCCC(C(C(=O)O)N(C(=O)OCC2c3ccccc3-c3ccccc32)C2CC2)C1. The van der Waals surface area contributed by atoms with Gasteiger partial charge in [0.15, 0.2) is 0 Å². The molecule has 3 aliphatic rings. The third-order valence-electron chi connectivity index (χ3n) is 7.46. The Kier molecular flexibility index (Phi) is 5.66. The van der Waals surface area contributed by atoms with Crippen molar-refractivity contribution in [1.82, 2.24) is 4.90 Å². The molecule has 0 aliphatic heterocycles. The lowest BCUT2D eigenvalue weighted by molar-refractivity contribution is -0.146. The Morgan fingerprint density at radius 1 is 1.00 bits per heavy atom. The fraction of sp³-hybridized carbons (Fsp3) is 0.481. The highest BCUT2D eigenvalue weighted by Crippen LogP contribution is 2.45. The minimum absolute atomic E-state index is 0.00247. The largest absolute Gasteiger partial charge is 0.480 e. The third kappa shape index (κ3) is 3.89. The van der Waals surface area contributed by atoms with E-state index in [0.717, 1.165) is 49.7 Å². The second kappa shape index (κ2) is 8.61. The van der Waals surface area contributed by atoms with Gasteiger partial charge in [0.1, 0.15) is 12.6 Å². The molecule has 0 saturated heterocycles. The lowest BCUT2D eigenvalue weighted by Gasteiger charge is -2.37. The van der Waals surface area contributed by atoms with Gasteiger partial charge in [-0.2, -0.15) is 0 Å². The standard InChI is InChI=1S/C27H31NO4/c1-17-7-6-8-18(15-17)25(26(29)30)28(19-13-14-19)27(31)32-16-24-22-11-4-2-9-20(22)21-10-3-5-12-23(21)24/h2-5,9-12,17-19,24-25H,6-8,13-16H2,1H3,(H,29,30). The predicted molar refractivity (Wildman–Crippen MR) is 122 cm³/mol. The van der Waals surface area contributed by atoms with E-state index in [1.807, 2.05) is 24.3 Å². The summed E-state index contributed by atoms with van der Waals surface area (Å²) < 4.78 is 5.88. The molecule has 168 valence electrons. The molecule has 0 bridgehead atoms. The molecule has 0 heterocycles. The van der Waals surface area contributed by atoms with Gasteiger partial charge in [-0.15, -0.1) is 0 Å². The van der Waals surface area contributed by atoms with Crippen LogP contribution in [0, 0.1) is 11.8 Å². The zero-order valence-electron chi connectivity index (χ0n) is 18.6. The van der Waals surface area contributed by atoms with E-state index >= 15 is 0 Å². The highest BCUT2D eigenvalue weighted by Gasteiger charge is 2.46. The van der Waals surface area contributed by atoms with Crippen molar-refractivity contribution in [3.63, 3.8) is 0 Å². The van der Waals surface area contributed by atoms with Gasteiger partial charge < -0.3 is 9.84 Å². The molecule has 0 aromatic heterocycles. The molecule has 5 nitrogen and oxygen atoms in total. The minimum atomic E-state index is -0.899. The number of hydrogen-bond acceptors (Lipinski definition) is 3. The number of rotatable bonds is 6. The summed E-state index contributed by atoms with van der Waals surface area (Å²) in [6.45, 7) is 2.41. The van der Waals surface area contributed by atoms with Crippen LogP contribution in [0.15, 0.2) is 48.5 Å². The van der Waals surface area contributed by atoms with Gasteiger partial charge in [-0.05, 0) is 59.8 Å². The summed E-state index contributed by atoms with van der Waals surface area (Å²) in [7, 11) is 0. The summed E-state index contributed by atoms with van der Waals surface area (Å²) in [5, 5.41) is 10.1. The normalized spacial score (nSPS) is 23.2. The van der Waals surface area contributed by atoms with E-state index in [0.29, 0.717) is 5.92 Å². The Morgan fingerprint density at radius 2 is 1.62 bits per heavy atom. The van der Waals surface area contributed by atoms with Crippen LogP contribution in [-0.4, -0.2) is 40.8 Å². The first-order chi connectivity index (χ1) is 15.5. The van der Waals surface area contributed by atoms with E-state index in [9.17, 15) is 14.7 Å². The van der Waals surface area contributed by atoms with Crippen molar-refractivity contribution in [2.24, 2.45) is 11.8 Å². The molecule has 1 N–H and O–H groups in total. The Balaban J connectivity index is 1.36. The molecule has 0 radical (unpaired) electrons. The van der Waals surface area contributed by atoms with Gasteiger partial charge in [-0.3, -0.25) is 4.90 Å². The van der Waals surface area contributed by atoms with Crippen molar-refractivity contribution in [1.29, 1.82) is 0 Å². The smallest absolute Gasteiger partial charge is 0.410 e. The summed E-state index contributed by atoms with van der Waals surface area (Å²) in [6, 6.07) is 15.7. The first-order valence-electron chi connectivity index (χ1n) is 11.9. The van der Waals surface area contributed by atoms with Crippen LogP contribution in [0.3, 0.4) is 0 Å². The van der Waals surface area contributed by atoms with E-state index in [4.69, 9.17) is 4.74 Å². The third-order valence-corrected chi connectivity index (χ3v) is 7.46. The van der Waals surface area contributed by atoms with Crippen LogP contribution in [0.2, 0.25) is 0 Å². The molecule has 2 saturated carbocycles. The molecule has 5 heteroatoms. The molecule has 3 aliphatic carbocycles. The molecule has 2 aromatic carbocycles. The Morgan fingerprint density at radius 3 is 2.19 bits per heavy atom. The van der Waals surface area contributed by atoms with E-state index in [1.54, 1.807) is 4.90 Å². The molecule has 2 aromatic rings. The van der Waals surface area contributed by atoms with Gasteiger partial charge in [0.2, 0.25) is 0 Å². The van der Waals surface area contributed by atoms with Crippen LogP contribution >= 0.6 is 0 Å². The summed E-state index contributed by atoms with van der Waals surface area (Å²) in [5.74, 6) is -0.425. The fourth-order valence-electron chi connectivity index (χ4n) is 5.83. The topological polar surface area (TPSA) is 66.8 Å². The van der Waals surface area contributed by atoms with Crippen LogP contribution in [0.1, 0.15) is 62.5 Å². The number of aliphatic carboxylic acids is 1. The van der Waals surface area contributed by atoms with Crippen molar-refractivity contribution >= 4 is 12.1 Å². The van der Waals surface area contributed by atoms with Crippen molar-refractivity contribution in [2.75, 3.05) is 6.61 Å². The van der Waals surface area contributed by atoms with Crippen LogP contribution in [-0.2, 0) is 9.53 Å². The van der Waals surface area contributed by atoms with E-state index in [2.05, 4.69) is 31.2 Å². The van der Waals surface area contributed by atoms with E-state index in [-0.39, 0.29) is 24.5 Å². The number of hydrogen-bond donors (Lipinski definition) is 1. The highest BCUT2D eigenvalue weighted by molar-refractivity contribution is 5.82. The fourth-order valence-corrected chi connectivity index (χ4v) is 5.83. The van der Waals surface area contributed by atoms with Gasteiger partial charge in [0.25, 0.3) is 0 Å². The Labute approximate surface area is 189 Å². The number of fused-ring (bicyclic) bond motifs is 3. The lowest BCUT2D eigenvalue weighted by Crippen LogP contribution is -2.51. The Hall–Kier alpha value is -2.82. The quantitative estimate of drug-likeness (QED) is 0.636. The summed E-state index contributed by atoms with van der Waals surface area (Å²) in [5.41, 5.74) is 4.69. The first-order valence-corrected chi connectivity index (χ1v) is 11.9. The summed E-state index contributed by atoms with van der Waals surface area (Å²) in [6.07, 6.45) is 5.13.